The summed E-state index contributed by atoms with van der Waals surface area (Å²) < 4.78 is 0. The van der Waals surface area contributed by atoms with Crippen molar-refractivity contribution < 1.29 is 14.5 Å². The van der Waals surface area contributed by atoms with Crippen molar-refractivity contribution in [1.29, 1.82) is 0 Å². The number of rotatable bonds is 8. The quantitative estimate of drug-likeness (QED) is 0.640. The van der Waals surface area contributed by atoms with Crippen LogP contribution < -0.4 is 20.4 Å². The van der Waals surface area contributed by atoms with Crippen LogP contribution in [-0.2, 0) is 9.59 Å². The second-order valence-electron chi connectivity index (χ2n) is 6.45. The molecule has 0 saturated carbocycles. The maximum Gasteiger partial charge on any atom is 0.279 e. The van der Waals surface area contributed by atoms with Gasteiger partial charge in [-0.25, -0.2) is 0 Å². The van der Waals surface area contributed by atoms with Crippen LogP contribution in [0, 0.1) is 0 Å². The molecule has 132 valence electrons. The van der Waals surface area contributed by atoms with Gasteiger partial charge in [0.1, 0.15) is 0 Å². The van der Waals surface area contributed by atoms with Crippen molar-refractivity contribution in [3.63, 3.8) is 0 Å². The largest absolute Gasteiger partial charge is 0.372 e. The van der Waals surface area contributed by atoms with Crippen LogP contribution in [0.3, 0.4) is 0 Å². The fourth-order valence-electron chi connectivity index (χ4n) is 2.87. The van der Waals surface area contributed by atoms with E-state index in [1.54, 1.807) is 0 Å². The Balaban J connectivity index is 1.76. The van der Waals surface area contributed by atoms with Gasteiger partial charge in [0.2, 0.25) is 0 Å². The molecule has 1 aromatic rings. The van der Waals surface area contributed by atoms with Crippen molar-refractivity contribution in [2.45, 2.75) is 26.2 Å². The molecular weight excluding hydrogens is 304 g/mol. The van der Waals surface area contributed by atoms with E-state index < -0.39 is 0 Å². The van der Waals surface area contributed by atoms with Crippen LogP contribution >= 0.6 is 0 Å². The molecule has 0 aromatic heterocycles. The van der Waals surface area contributed by atoms with E-state index in [4.69, 9.17) is 0 Å². The van der Waals surface area contributed by atoms with E-state index in [9.17, 15) is 9.59 Å². The Hall–Kier alpha value is -2.08. The summed E-state index contributed by atoms with van der Waals surface area (Å²) in [6.45, 7) is 5.50. The molecule has 1 saturated heterocycles. The fraction of sp³-hybridized carbons (Fsp3) is 0.556. The topological polar surface area (TPSA) is 65.9 Å². The van der Waals surface area contributed by atoms with E-state index in [1.165, 1.54) is 18.5 Å². The minimum absolute atomic E-state index is 0.0166. The average molecular weight is 333 g/mol. The summed E-state index contributed by atoms with van der Waals surface area (Å²) in [5, 5.41) is 5.72. The smallest absolute Gasteiger partial charge is 0.279 e. The molecule has 1 aromatic carbocycles. The summed E-state index contributed by atoms with van der Waals surface area (Å²) in [6.07, 6.45) is 3.41. The molecular formula is C18H29N4O2+. The number of anilines is 2. The molecule has 1 aliphatic heterocycles. The highest BCUT2D eigenvalue weighted by molar-refractivity contribution is 5.91. The molecule has 1 heterocycles. The molecule has 6 nitrogen and oxygen atoms in total. The van der Waals surface area contributed by atoms with Crippen LogP contribution in [0.25, 0.3) is 0 Å². The molecule has 0 bridgehead atoms. The molecule has 0 radical (unpaired) electrons. The third-order valence-corrected chi connectivity index (χ3v) is 4.12. The lowest BCUT2D eigenvalue weighted by Gasteiger charge is -2.18. The third kappa shape index (κ3) is 5.85. The predicted octanol–water partition coefficient (Wildman–Crippen LogP) is 0.266. The Kier molecular flexibility index (Phi) is 7.06. The molecule has 1 fully saturated rings. The van der Waals surface area contributed by atoms with Crippen LogP contribution in [0.5, 0.6) is 0 Å². The number of hydrogen-bond donors (Lipinski definition) is 3. The number of carbonyl (C=O) groups is 2. The standard InChI is InChI=1S/C18H28N4O2/c1-3-10-19-17(23)13-21(2)14-18(24)20-15-6-8-16(9-7-15)22-11-4-5-12-22/h6-9H,3-5,10-14H2,1-2H3,(H,19,23)(H,20,24)/p+1. The third-order valence-electron chi connectivity index (χ3n) is 4.12. The molecule has 0 aliphatic carbocycles. The lowest BCUT2D eigenvalue weighted by molar-refractivity contribution is -0.862. The highest BCUT2D eigenvalue weighted by atomic mass is 16.2. The number of nitrogens with zero attached hydrogens (tertiary/aromatic N) is 1. The molecule has 2 rings (SSSR count). The van der Waals surface area contributed by atoms with Gasteiger partial charge in [-0.05, 0) is 43.5 Å². The normalized spacial score (nSPS) is 15.2. The van der Waals surface area contributed by atoms with E-state index in [1.807, 2.05) is 26.1 Å². The highest BCUT2D eigenvalue weighted by Crippen LogP contribution is 2.21. The van der Waals surface area contributed by atoms with Gasteiger partial charge < -0.3 is 20.4 Å². The Bertz CT molecular complexity index is 538. The van der Waals surface area contributed by atoms with Gasteiger partial charge >= 0.3 is 0 Å². The summed E-state index contributed by atoms with van der Waals surface area (Å²) in [5.41, 5.74) is 2.01. The number of likely N-dealkylation sites (N-methyl/N-ethyl adjacent to an activating group) is 1. The number of nitrogens with one attached hydrogen (secondary N) is 3. The fourth-order valence-corrected chi connectivity index (χ4v) is 2.87. The zero-order valence-corrected chi connectivity index (χ0v) is 14.7. The first kappa shape index (κ1) is 18.3. The lowest BCUT2D eigenvalue weighted by Crippen LogP contribution is -3.11. The highest BCUT2D eigenvalue weighted by Gasteiger charge is 2.15. The van der Waals surface area contributed by atoms with E-state index in [-0.39, 0.29) is 18.4 Å². The monoisotopic (exact) mass is 333 g/mol. The molecule has 24 heavy (non-hydrogen) atoms. The maximum atomic E-state index is 12.1. The summed E-state index contributed by atoms with van der Waals surface area (Å²) in [5.74, 6) is -0.0955. The predicted molar refractivity (Wildman–Crippen MR) is 96.4 cm³/mol. The molecule has 1 unspecified atom stereocenters. The van der Waals surface area contributed by atoms with Crippen molar-refractivity contribution in [1.82, 2.24) is 5.32 Å². The number of amides is 2. The second kappa shape index (κ2) is 9.27. The Morgan fingerprint density at radius 2 is 1.71 bits per heavy atom. The summed E-state index contributed by atoms with van der Waals surface area (Å²) >= 11 is 0. The van der Waals surface area contributed by atoms with Crippen molar-refractivity contribution in [3.8, 4) is 0 Å². The van der Waals surface area contributed by atoms with Crippen LogP contribution in [0.1, 0.15) is 26.2 Å². The summed E-state index contributed by atoms with van der Waals surface area (Å²) in [6, 6.07) is 7.98. The van der Waals surface area contributed by atoms with Crippen molar-refractivity contribution in [3.05, 3.63) is 24.3 Å². The van der Waals surface area contributed by atoms with Crippen LogP contribution in [0.4, 0.5) is 11.4 Å². The van der Waals surface area contributed by atoms with Gasteiger partial charge in [0.05, 0.1) is 7.05 Å². The van der Waals surface area contributed by atoms with Crippen molar-refractivity contribution in [2.24, 2.45) is 0 Å². The van der Waals surface area contributed by atoms with Crippen LogP contribution in [0.2, 0.25) is 0 Å². The van der Waals surface area contributed by atoms with Gasteiger partial charge in [0, 0.05) is 31.0 Å². The molecule has 1 atom stereocenters. The molecule has 1 aliphatic rings. The average Bonchev–Trinajstić information content (AvgIpc) is 3.07. The Morgan fingerprint density at radius 3 is 2.33 bits per heavy atom. The first-order chi connectivity index (χ1) is 11.6. The molecule has 3 N–H and O–H groups in total. The van der Waals surface area contributed by atoms with E-state index in [0.29, 0.717) is 13.1 Å². The zero-order valence-electron chi connectivity index (χ0n) is 14.7. The summed E-state index contributed by atoms with van der Waals surface area (Å²) in [7, 11) is 1.85. The molecule has 0 spiro atoms. The Morgan fingerprint density at radius 1 is 1.08 bits per heavy atom. The first-order valence-electron chi connectivity index (χ1n) is 8.81. The van der Waals surface area contributed by atoms with Crippen LogP contribution in [0.15, 0.2) is 24.3 Å². The summed E-state index contributed by atoms with van der Waals surface area (Å²) in [4.78, 5) is 27.0. The van der Waals surface area contributed by atoms with Gasteiger partial charge in [-0.3, -0.25) is 9.59 Å². The molecule has 6 heteroatoms. The van der Waals surface area contributed by atoms with Gasteiger partial charge in [-0.15, -0.1) is 0 Å². The van der Waals surface area contributed by atoms with Crippen LogP contribution in [-0.4, -0.2) is 51.6 Å². The first-order valence-corrected chi connectivity index (χ1v) is 8.81. The van der Waals surface area contributed by atoms with E-state index >= 15 is 0 Å². The second-order valence-corrected chi connectivity index (χ2v) is 6.45. The van der Waals surface area contributed by atoms with Crippen molar-refractivity contribution >= 4 is 23.2 Å². The number of quaternary nitrogens is 1. The number of carbonyl (C=O) groups excluding carboxylic acids is 2. The van der Waals surface area contributed by atoms with Crippen molar-refractivity contribution in [2.75, 3.05) is 50.0 Å². The van der Waals surface area contributed by atoms with Gasteiger partial charge in [0.25, 0.3) is 11.8 Å². The van der Waals surface area contributed by atoms with E-state index in [2.05, 4.69) is 27.7 Å². The number of hydrogen-bond acceptors (Lipinski definition) is 3. The van der Waals surface area contributed by atoms with E-state index in [0.717, 1.165) is 30.1 Å². The minimum atomic E-state index is -0.0790. The van der Waals surface area contributed by atoms with Gasteiger partial charge in [-0.2, -0.15) is 0 Å². The van der Waals surface area contributed by atoms with Gasteiger partial charge in [0.15, 0.2) is 13.1 Å². The minimum Gasteiger partial charge on any atom is -0.372 e. The number of benzene rings is 1. The SMILES string of the molecule is CCCNC(=O)C[NH+](C)CC(=O)Nc1ccc(N2CCCC2)cc1. The lowest BCUT2D eigenvalue weighted by atomic mass is 10.2. The maximum absolute atomic E-state index is 12.1. The Labute approximate surface area is 144 Å². The molecule has 2 amide bonds. The zero-order chi connectivity index (χ0) is 17.4. The van der Waals surface area contributed by atoms with Gasteiger partial charge in [-0.1, -0.05) is 6.92 Å².